The molecule has 0 unspecified atom stereocenters. The lowest BCUT2D eigenvalue weighted by Gasteiger charge is -2.24. The topological polar surface area (TPSA) is 74.3 Å². The molecule has 2 heterocycles. The van der Waals surface area contributed by atoms with Gasteiger partial charge in [0.25, 0.3) is 0 Å². The number of piperazine rings is 1. The number of hydrogen-bond donors (Lipinski definition) is 2. The number of thiazole rings is 1. The van der Waals surface area contributed by atoms with E-state index in [1.54, 1.807) is 4.90 Å². The Labute approximate surface area is 108 Å². The lowest BCUT2D eigenvalue weighted by molar-refractivity contribution is -0.130. The first kappa shape index (κ1) is 11.6. The van der Waals surface area contributed by atoms with Crippen molar-refractivity contribution in [3.63, 3.8) is 0 Å². The number of imide groups is 1. The zero-order chi connectivity index (χ0) is 12.5. The highest BCUT2D eigenvalue weighted by Gasteiger charge is 2.25. The van der Waals surface area contributed by atoms with Crippen LogP contribution in [0.4, 0.5) is 5.13 Å². The molecule has 0 atom stereocenters. The summed E-state index contributed by atoms with van der Waals surface area (Å²) in [5.74, 6) is -0.529. The molecular formula is C11H14N4O2S. The summed E-state index contributed by atoms with van der Waals surface area (Å²) in [6.07, 6.45) is 4.32. The number of nitrogens with one attached hydrogen (secondary N) is 2. The third-order valence-corrected chi connectivity index (χ3v) is 3.96. The number of carbonyl (C=O) groups excluding carboxylic acids is 2. The van der Waals surface area contributed by atoms with Crippen molar-refractivity contribution in [2.75, 3.05) is 18.0 Å². The van der Waals surface area contributed by atoms with E-state index in [-0.39, 0.29) is 24.9 Å². The summed E-state index contributed by atoms with van der Waals surface area (Å²) in [4.78, 5) is 29.7. The van der Waals surface area contributed by atoms with E-state index >= 15 is 0 Å². The fraction of sp³-hybridized carbons (Fsp3) is 0.545. The third kappa shape index (κ3) is 2.68. The molecule has 1 saturated heterocycles. The van der Waals surface area contributed by atoms with E-state index in [0.717, 1.165) is 16.6 Å². The lowest BCUT2D eigenvalue weighted by atomic mass is 10.4. The van der Waals surface area contributed by atoms with Gasteiger partial charge in [0.1, 0.15) is 13.1 Å². The average molecular weight is 266 g/mol. The van der Waals surface area contributed by atoms with Gasteiger partial charge in [-0.05, 0) is 12.8 Å². The Morgan fingerprint density at radius 2 is 2.11 bits per heavy atom. The first-order valence-corrected chi connectivity index (χ1v) is 6.78. The summed E-state index contributed by atoms with van der Waals surface area (Å²) in [6.45, 7) is 1.22. The number of rotatable bonds is 4. The van der Waals surface area contributed by atoms with Gasteiger partial charge in [-0.25, -0.2) is 4.98 Å². The van der Waals surface area contributed by atoms with E-state index in [1.807, 2.05) is 6.20 Å². The molecule has 0 radical (unpaired) electrons. The van der Waals surface area contributed by atoms with Crippen LogP contribution < -0.4 is 15.5 Å². The zero-order valence-corrected chi connectivity index (χ0v) is 10.6. The van der Waals surface area contributed by atoms with Crippen molar-refractivity contribution in [2.45, 2.75) is 25.4 Å². The molecule has 0 aromatic carbocycles. The second-order valence-corrected chi connectivity index (χ2v) is 5.69. The van der Waals surface area contributed by atoms with E-state index in [4.69, 9.17) is 0 Å². The van der Waals surface area contributed by atoms with Crippen LogP contribution in [-0.4, -0.2) is 35.9 Å². The molecular weight excluding hydrogens is 252 g/mol. The standard InChI is InChI=1S/C11H14N4O2S/c16-9-5-15(6-10(17)14-9)11-13-4-8(18-11)3-12-7-1-2-7/h4,7,12H,1-3,5-6H2,(H,14,16,17). The molecule has 7 heteroatoms. The van der Waals surface area contributed by atoms with Gasteiger partial charge in [0.05, 0.1) is 0 Å². The van der Waals surface area contributed by atoms with Crippen LogP contribution in [0.2, 0.25) is 0 Å². The fourth-order valence-corrected chi connectivity index (χ4v) is 2.69. The van der Waals surface area contributed by atoms with Crippen LogP contribution in [0.5, 0.6) is 0 Å². The second-order valence-electron chi connectivity index (χ2n) is 4.59. The summed E-state index contributed by atoms with van der Waals surface area (Å²) in [5, 5.41) is 6.43. The molecule has 18 heavy (non-hydrogen) atoms. The van der Waals surface area contributed by atoms with Gasteiger partial charge in [-0.15, -0.1) is 11.3 Å². The SMILES string of the molecule is O=C1CN(c2ncc(CNC3CC3)s2)CC(=O)N1. The predicted octanol–water partition coefficient (Wildman–Crippen LogP) is -0.142. The minimum Gasteiger partial charge on any atom is -0.329 e. The van der Waals surface area contributed by atoms with Crippen molar-refractivity contribution in [3.8, 4) is 0 Å². The van der Waals surface area contributed by atoms with Crippen LogP contribution in [0.3, 0.4) is 0 Å². The van der Waals surface area contributed by atoms with Crippen LogP contribution in [0, 0.1) is 0 Å². The number of anilines is 1. The summed E-state index contributed by atoms with van der Waals surface area (Å²) in [7, 11) is 0. The summed E-state index contributed by atoms with van der Waals surface area (Å²) >= 11 is 1.53. The van der Waals surface area contributed by atoms with Gasteiger partial charge in [0, 0.05) is 23.7 Å². The first-order chi connectivity index (χ1) is 8.70. The molecule has 0 spiro atoms. The molecule has 1 aliphatic heterocycles. The molecule has 1 saturated carbocycles. The molecule has 6 nitrogen and oxygen atoms in total. The van der Waals surface area contributed by atoms with E-state index in [0.29, 0.717) is 6.04 Å². The smallest absolute Gasteiger partial charge is 0.246 e. The highest BCUT2D eigenvalue weighted by atomic mass is 32.1. The van der Waals surface area contributed by atoms with E-state index in [9.17, 15) is 9.59 Å². The van der Waals surface area contributed by atoms with Gasteiger partial charge in [0.2, 0.25) is 11.8 Å². The first-order valence-electron chi connectivity index (χ1n) is 5.96. The zero-order valence-electron chi connectivity index (χ0n) is 9.81. The quantitative estimate of drug-likeness (QED) is 0.742. The van der Waals surface area contributed by atoms with Gasteiger partial charge in [-0.2, -0.15) is 0 Å². The molecule has 1 aromatic rings. The van der Waals surface area contributed by atoms with Crippen molar-refractivity contribution in [1.29, 1.82) is 0 Å². The number of hydrogen-bond acceptors (Lipinski definition) is 6. The van der Waals surface area contributed by atoms with Gasteiger partial charge in [0.15, 0.2) is 5.13 Å². The number of carbonyl (C=O) groups is 2. The molecule has 2 fully saturated rings. The molecule has 2 N–H and O–H groups in total. The molecule has 2 amide bonds. The summed E-state index contributed by atoms with van der Waals surface area (Å²) in [5.41, 5.74) is 0. The average Bonchev–Trinajstić information content (AvgIpc) is 3.02. The minimum absolute atomic E-state index is 0.203. The second kappa shape index (κ2) is 4.66. The Kier molecular flexibility index (Phi) is 3.00. The normalized spacial score (nSPS) is 20.1. The molecule has 96 valence electrons. The van der Waals surface area contributed by atoms with Crippen molar-refractivity contribution < 1.29 is 9.59 Å². The highest BCUT2D eigenvalue weighted by molar-refractivity contribution is 7.15. The lowest BCUT2D eigenvalue weighted by Crippen LogP contribution is -2.51. The van der Waals surface area contributed by atoms with E-state index in [1.165, 1.54) is 24.2 Å². The molecule has 3 rings (SSSR count). The molecule has 1 aromatic heterocycles. The van der Waals surface area contributed by atoms with Gasteiger partial charge >= 0.3 is 0 Å². The Morgan fingerprint density at radius 1 is 1.39 bits per heavy atom. The Balaban J connectivity index is 1.63. The van der Waals surface area contributed by atoms with Crippen molar-refractivity contribution in [1.82, 2.24) is 15.6 Å². The predicted molar refractivity (Wildman–Crippen MR) is 67.3 cm³/mol. The van der Waals surface area contributed by atoms with Crippen LogP contribution in [0.15, 0.2) is 6.20 Å². The van der Waals surface area contributed by atoms with Gasteiger partial charge in [-0.1, -0.05) is 0 Å². The minimum atomic E-state index is -0.265. The Hall–Kier alpha value is -1.47. The summed E-state index contributed by atoms with van der Waals surface area (Å²) < 4.78 is 0. The van der Waals surface area contributed by atoms with Crippen molar-refractivity contribution in [2.24, 2.45) is 0 Å². The number of nitrogens with zero attached hydrogens (tertiary/aromatic N) is 2. The van der Waals surface area contributed by atoms with Crippen LogP contribution in [0.25, 0.3) is 0 Å². The third-order valence-electron chi connectivity index (χ3n) is 2.90. The monoisotopic (exact) mass is 266 g/mol. The maximum absolute atomic E-state index is 11.3. The molecule has 2 aliphatic rings. The molecule has 0 bridgehead atoms. The van der Waals surface area contributed by atoms with E-state index < -0.39 is 0 Å². The fourth-order valence-electron chi connectivity index (χ4n) is 1.83. The Bertz CT molecular complexity index is 467. The summed E-state index contributed by atoms with van der Waals surface area (Å²) in [6, 6.07) is 0.665. The van der Waals surface area contributed by atoms with E-state index in [2.05, 4.69) is 15.6 Å². The van der Waals surface area contributed by atoms with Gasteiger partial charge < -0.3 is 10.2 Å². The maximum Gasteiger partial charge on any atom is 0.246 e. The van der Waals surface area contributed by atoms with Crippen molar-refractivity contribution in [3.05, 3.63) is 11.1 Å². The Morgan fingerprint density at radius 3 is 2.78 bits per heavy atom. The molecule has 1 aliphatic carbocycles. The van der Waals surface area contributed by atoms with Crippen LogP contribution in [-0.2, 0) is 16.1 Å². The van der Waals surface area contributed by atoms with Crippen LogP contribution >= 0.6 is 11.3 Å². The number of amides is 2. The number of aromatic nitrogens is 1. The van der Waals surface area contributed by atoms with Gasteiger partial charge in [-0.3, -0.25) is 14.9 Å². The van der Waals surface area contributed by atoms with Crippen molar-refractivity contribution >= 4 is 28.3 Å². The highest BCUT2D eigenvalue weighted by Crippen LogP contribution is 2.25. The van der Waals surface area contributed by atoms with Crippen LogP contribution in [0.1, 0.15) is 17.7 Å². The largest absolute Gasteiger partial charge is 0.329 e. The maximum atomic E-state index is 11.3.